The van der Waals surface area contributed by atoms with Crippen molar-refractivity contribution in [3.63, 3.8) is 0 Å². The summed E-state index contributed by atoms with van der Waals surface area (Å²) in [7, 11) is 3.32. The standard InChI is InChI=1S/C16H20N2O2/c1-4-17-15(12-8-5-6-10-14(12)19-2)13-9-7-11-18-16(13)20-3/h5-11,15,17H,4H2,1-3H3. The number of nitrogens with one attached hydrogen (secondary N) is 1. The van der Waals surface area contributed by atoms with Crippen LogP contribution < -0.4 is 14.8 Å². The molecule has 20 heavy (non-hydrogen) atoms. The SMILES string of the molecule is CCNC(c1ccccc1OC)c1cccnc1OC. The summed E-state index contributed by atoms with van der Waals surface area (Å²) in [5.41, 5.74) is 2.07. The zero-order valence-corrected chi connectivity index (χ0v) is 12.1. The summed E-state index contributed by atoms with van der Waals surface area (Å²) >= 11 is 0. The Hall–Kier alpha value is -2.07. The van der Waals surface area contributed by atoms with E-state index in [9.17, 15) is 0 Å². The van der Waals surface area contributed by atoms with Gasteiger partial charge in [-0.3, -0.25) is 0 Å². The highest BCUT2D eigenvalue weighted by molar-refractivity contribution is 5.44. The fraction of sp³-hybridized carbons (Fsp3) is 0.312. The Morgan fingerprint density at radius 2 is 1.80 bits per heavy atom. The summed E-state index contributed by atoms with van der Waals surface area (Å²) in [6.45, 7) is 2.91. The molecule has 0 aliphatic rings. The van der Waals surface area contributed by atoms with E-state index in [1.165, 1.54) is 0 Å². The highest BCUT2D eigenvalue weighted by Crippen LogP contribution is 2.33. The van der Waals surface area contributed by atoms with Gasteiger partial charge >= 0.3 is 0 Å². The lowest BCUT2D eigenvalue weighted by Crippen LogP contribution is -2.23. The van der Waals surface area contributed by atoms with Crippen molar-refractivity contribution in [2.24, 2.45) is 0 Å². The summed E-state index contributed by atoms with van der Waals surface area (Å²) < 4.78 is 10.8. The molecule has 0 saturated carbocycles. The molecule has 2 rings (SSSR count). The number of hydrogen-bond donors (Lipinski definition) is 1. The van der Waals surface area contributed by atoms with Crippen molar-refractivity contribution in [2.45, 2.75) is 13.0 Å². The molecule has 1 aromatic carbocycles. The van der Waals surface area contributed by atoms with E-state index in [1.54, 1.807) is 20.4 Å². The Morgan fingerprint density at radius 1 is 1.05 bits per heavy atom. The summed E-state index contributed by atoms with van der Waals surface area (Å²) in [4.78, 5) is 4.28. The van der Waals surface area contributed by atoms with Crippen LogP contribution in [0.4, 0.5) is 0 Å². The second-order valence-corrected chi connectivity index (χ2v) is 4.33. The molecule has 106 valence electrons. The Labute approximate surface area is 119 Å². The van der Waals surface area contributed by atoms with Crippen LogP contribution in [-0.2, 0) is 0 Å². The number of hydrogen-bond acceptors (Lipinski definition) is 4. The lowest BCUT2D eigenvalue weighted by Gasteiger charge is -2.22. The van der Waals surface area contributed by atoms with Crippen LogP contribution in [0.1, 0.15) is 24.1 Å². The van der Waals surface area contributed by atoms with Crippen LogP contribution in [0.25, 0.3) is 0 Å². The number of benzene rings is 1. The minimum atomic E-state index is -0.0141. The molecule has 0 saturated heterocycles. The predicted molar refractivity (Wildman–Crippen MR) is 79.3 cm³/mol. The van der Waals surface area contributed by atoms with Crippen LogP contribution >= 0.6 is 0 Å². The molecule has 0 fully saturated rings. The first-order chi connectivity index (χ1) is 9.81. The van der Waals surface area contributed by atoms with Crippen molar-refractivity contribution in [1.29, 1.82) is 0 Å². The molecule has 0 radical (unpaired) electrons. The molecule has 4 heteroatoms. The van der Waals surface area contributed by atoms with Crippen molar-refractivity contribution in [1.82, 2.24) is 10.3 Å². The molecule has 1 heterocycles. The van der Waals surface area contributed by atoms with Crippen LogP contribution in [0, 0.1) is 0 Å². The van der Waals surface area contributed by atoms with Gasteiger partial charge in [0, 0.05) is 17.3 Å². The van der Waals surface area contributed by atoms with Crippen molar-refractivity contribution in [3.8, 4) is 11.6 Å². The fourth-order valence-corrected chi connectivity index (χ4v) is 2.29. The van der Waals surface area contributed by atoms with Crippen LogP contribution in [-0.4, -0.2) is 25.7 Å². The first kappa shape index (κ1) is 14.3. The van der Waals surface area contributed by atoms with Gasteiger partial charge in [-0.25, -0.2) is 4.98 Å². The molecule has 0 bridgehead atoms. The van der Waals surface area contributed by atoms with E-state index in [4.69, 9.17) is 9.47 Å². The number of aromatic nitrogens is 1. The molecule has 1 N–H and O–H groups in total. The Bertz CT molecular complexity index is 510. The Kier molecular flexibility index (Phi) is 4.96. The van der Waals surface area contributed by atoms with Crippen molar-refractivity contribution < 1.29 is 9.47 Å². The van der Waals surface area contributed by atoms with Gasteiger partial charge in [0.15, 0.2) is 0 Å². The van der Waals surface area contributed by atoms with E-state index >= 15 is 0 Å². The van der Waals surface area contributed by atoms with E-state index in [2.05, 4.69) is 23.3 Å². The van der Waals surface area contributed by atoms with Crippen LogP contribution in [0.15, 0.2) is 42.6 Å². The molecule has 0 amide bonds. The van der Waals surface area contributed by atoms with Gasteiger partial charge in [0.25, 0.3) is 0 Å². The molecular weight excluding hydrogens is 252 g/mol. The smallest absolute Gasteiger partial charge is 0.218 e. The third-order valence-electron chi connectivity index (χ3n) is 3.16. The van der Waals surface area contributed by atoms with Crippen LogP contribution in [0.5, 0.6) is 11.6 Å². The molecule has 1 aromatic heterocycles. The van der Waals surface area contributed by atoms with E-state index in [-0.39, 0.29) is 6.04 Å². The monoisotopic (exact) mass is 272 g/mol. The molecule has 1 unspecified atom stereocenters. The minimum absolute atomic E-state index is 0.0141. The third kappa shape index (κ3) is 2.91. The second-order valence-electron chi connectivity index (χ2n) is 4.33. The maximum atomic E-state index is 5.47. The highest BCUT2D eigenvalue weighted by atomic mass is 16.5. The predicted octanol–water partition coefficient (Wildman–Crippen LogP) is 2.80. The Balaban J connectivity index is 2.50. The van der Waals surface area contributed by atoms with E-state index in [0.29, 0.717) is 5.88 Å². The molecule has 0 aliphatic heterocycles. The van der Waals surface area contributed by atoms with E-state index in [0.717, 1.165) is 23.4 Å². The number of rotatable bonds is 6. The zero-order chi connectivity index (χ0) is 14.4. The lowest BCUT2D eigenvalue weighted by atomic mass is 9.98. The van der Waals surface area contributed by atoms with Crippen LogP contribution in [0.3, 0.4) is 0 Å². The molecule has 1 atom stereocenters. The molecule has 2 aromatic rings. The average Bonchev–Trinajstić information content (AvgIpc) is 2.52. The topological polar surface area (TPSA) is 43.4 Å². The molecule has 0 spiro atoms. The van der Waals surface area contributed by atoms with Crippen molar-refractivity contribution in [2.75, 3.05) is 20.8 Å². The minimum Gasteiger partial charge on any atom is -0.496 e. The van der Waals surface area contributed by atoms with Gasteiger partial charge < -0.3 is 14.8 Å². The van der Waals surface area contributed by atoms with Gasteiger partial charge in [-0.1, -0.05) is 31.2 Å². The van der Waals surface area contributed by atoms with Crippen molar-refractivity contribution in [3.05, 3.63) is 53.7 Å². The number of methoxy groups -OCH3 is 2. The maximum absolute atomic E-state index is 5.47. The average molecular weight is 272 g/mol. The summed E-state index contributed by atoms with van der Waals surface area (Å²) in [6, 6.07) is 11.9. The van der Waals surface area contributed by atoms with Gasteiger partial charge in [0.2, 0.25) is 5.88 Å². The number of nitrogens with zero attached hydrogens (tertiary/aromatic N) is 1. The summed E-state index contributed by atoms with van der Waals surface area (Å²) in [5.74, 6) is 1.48. The lowest BCUT2D eigenvalue weighted by molar-refractivity contribution is 0.382. The third-order valence-corrected chi connectivity index (χ3v) is 3.16. The van der Waals surface area contributed by atoms with Gasteiger partial charge in [0.1, 0.15) is 5.75 Å². The second kappa shape index (κ2) is 6.91. The number of para-hydroxylation sites is 1. The summed E-state index contributed by atoms with van der Waals surface area (Å²) in [5, 5.41) is 3.46. The summed E-state index contributed by atoms with van der Waals surface area (Å²) in [6.07, 6.45) is 1.73. The first-order valence-electron chi connectivity index (χ1n) is 6.67. The maximum Gasteiger partial charge on any atom is 0.218 e. The number of pyridine rings is 1. The van der Waals surface area contributed by atoms with Gasteiger partial charge in [-0.15, -0.1) is 0 Å². The van der Waals surface area contributed by atoms with Gasteiger partial charge in [0.05, 0.1) is 20.3 Å². The molecule has 0 aliphatic carbocycles. The van der Waals surface area contributed by atoms with E-state index < -0.39 is 0 Å². The highest BCUT2D eigenvalue weighted by Gasteiger charge is 2.20. The van der Waals surface area contributed by atoms with Gasteiger partial charge in [-0.2, -0.15) is 0 Å². The largest absolute Gasteiger partial charge is 0.496 e. The van der Waals surface area contributed by atoms with Gasteiger partial charge in [-0.05, 0) is 18.7 Å². The van der Waals surface area contributed by atoms with Crippen molar-refractivity contribution >= 4 is 0 Å². The Morgan fingerprint density at radius 3 is 2.50 bits per heavy atom. The van der Waals surface area contributed by atoms with E-state index in [1.807, 2.05) is 30.3 Å². The number of ether oxygens (including phenoxy) is 2. The first-order valence-corrected chi connectivity index (χ1v) is 6.67. The fourth-order valence-electron chi connectivity index (χ4n) is 2.29. The normalized spacial score (nSPS) is 11.9. The molecular formula is C16H20N2O2. The van der Waals surface area contributed by atoms with Crippen LogP contribution in [0.2, 0.25) is 0 Å². The molecule has 4 nitrogen and oxygen atoms in total. The zero-order valence-electron chi connectivity index (χ0n) is 12.1. The quantitative estimate of drug-likeness (QED) is 0.878.